The van der Waals surface area contributed by atoms with Crippen molar-refractivity contribution in [1.82, 2.24) is 15.5 Å². The van der Waals surface area contributed by atoms with Crippen LogP contribution in [0.5, 0.6) is 0 Å². The highest BCUT2D eigenvalue weighted by Crippen LogP contribution is 2.60. The molecule has 5 nitrogen and oxygen atoms in total. The highest BCUT2D eigenvalue weighted by atomic mass is 16.5. The van der Waals surface area contributed by atoms with Gasteiger partial charge in [0.1, 0.15) is 0 Å². The average molecular weight is 289 g/mol. The largest absolute Gasteiger partial charge is 0.348 e. The number of hydrogen-bond donors (Lipinski definition) is 1. The van der Waals surface area contributed by atoms with Crippen LogP contribution in [-0.2, 0) is 17.8 Å². The average Bonchev–Trinajstić information content (AvgIpc) is 2.91. The lowest BCUT2D eigenvalue weighted by Crippen LogP contribution is -2.53. The van der Waals surface area contributed by atoms with Crippen molar-refractivity contribution in [2.75, 3.05) is 0 Å². The maximum atomic E-state index is 12.7. The van der Waals surface area contributed by atoms with E-state index in [2.05, 4.69) is 15.5 Å². The summed E-state index contributed by atoms with van der Waals surface area (Å²) in [4.78, 5) is 17.0. The van der Waals surface area contributed by atoms with Crippen LogP contribution >= 0.6 is 0 Å². The van der Waals surface area contributed by atoms with E-state index in [9.17, 15) is 4.79 Å². The van der Waals surface area contributed by atoms with Crippen LogP contribution in [0.15, 0.2) is 4.52 Å². The molecule has 21 heavy (non-hydrogen) atoms. The van der Waals surface area contributed by atoms with E-state index in [0.29, 0.717) is 18.3 Å². The lowest BCUT2D eigenvalue weighted by atomic mass is 9.49. The number of hydrogen-bond acceptors (Lipinski definition) is 4. The molecule has 4 saturated carbocycles. The van der Waals surface area contributed by atoms with E-state index in [-0.39, 0.29) is 11.3 Å². The highest BCUT2D eigenvalue weighted by molar-refractivity contribution is 5.83. The summed E-state index contributed by atoms with van der Waals surface area (Å²) in [6, 6.07) is 0. The third-order valence-corrected chi connectivity index (χ3v) is 5.74. The Hall–Kier alpha value is -1.39. The van der Waals surface area contributed by atoms with Crippen molar-refractivity contribution in [3.63, 3.8) is 0 Å². The first-order valence-electron chi connectivity index (χ1n) is 8.26. The summed E-state index contributed by atoms with van der Waals surface area (Å²) in [5.41, 5.74) is -0.0912. The molecule has 0 atom stereocenters. The molecule has 4 bridgehead atoms. The summed E-state index contributed by atoms with van der Waals surface area (Å²) in [6.45, 7) is 2.37. The van der Waals surface area contributed by atoms with Gasteiger partial charge in [-0.1, -0.05) is 12.1 Å². The van der Waals surface area contributed by atoms with E-state index in [1.165, 1.54) is 19.3 Å². The summed E-state index contributed by atoms with van der Waals surface area (Å²) < 4.78 is 5.08. The van der Waals surface area contributed by atoms with Crippen LogP contribution in [0.25, 0.3) is 0 Å². The molecule has 1 aromatic rings. The predicted molar refractivity (Wildman–Crippen MR) is 76.1 cm³/mol. The van der Waals surface area contributed by atoms with E-state index in [4.69, 9.17) is 4.52 Å². The summed E-state index contributed by atoms with van der Waals surface area (Å²) in [6.07, 6.45) is 8.09. The lowest BCUT2D eigenvalue weighted by Gasteiger charge is -2.55. The molecule has 1 aromatic heterocycles. The number of amides is 1. The number of aryl methyl sites for hydroxylation is 1. The van der Waals surface area contributed by atoms with E-state index in [0.717, 1.165) is 43.4 Å². The number of carbonyl (C=O) groups excluding carboxylic acids is 1. The topological polar surface area (TPSA) is 68.0 Å². The lowest BCUT2D eigenvalue weighted by molar-refractivity contribution is -0.146. The molecular weight excluding hydrogens is 266 g/mol. The Balaban J connectivity index is 1.43. The molecule has 1 N–H and O–H groups in total. The van der Waals surface area contributed by atoms with Gasteiger partial charge in [-0.2, -0.15) is 4.98 Å². The third-order valence-electron chi connectivity index (χ3n) is 5.74. The molecule has 5 rings (SSSR count). The molecule has 5 heteroatoms. The molecule has 1 heterocycles. The minimum Gasteiger partial charge on any atom is -0.348 e. The van der Waals surface area contributed by atoms with Gasteiger partial charge in [-0.3, -0.25) is 4.79 Å². The summed E-state index contributed by atoms with van der Waals surface area (Å²) >= 11 is 0. The zero-order valence-electron chi connectivity index (χ0n) is 12.6. The SMILES string of the molecule is CCc1nc(CNC(=O)C23CC4CC(CC(C4)C2)C3)no1. The summed E-state index contributed by atoms with van der Waals surface area (Å²) in [5, 5.41) is 6.97. The third kappa shape index (κ3) is 2.27. The van der Waals surface area contributed by atoms with Gasteiger partial charge in [0.2, 0.25) is 11.8 Å². The Bertz CT molecular complexity index is 516. The normalized spacial score (nSPS) is 36.9. The van der Waals surface area contributed by atoms with Crippen molar-refractivity contribution >= 4 is 5.91 Å². The molecule has 0 saturated heterocycles. The van der Waals surface area contributed by atoms with Crippen molar-refractivity contribution < 1.29 is 9.32 Å². The summed E-state index contributed by atoms with van der Waals surface area (Å²) in [5.74, 6) is 3.82. The van der Waals surface area contributed by atoms with Gasteiger partial charge in [-0.25, -0.2) is 0 Å². The first-order chi connectivity index (χ1) is 10.2. The second-order valence-electron chi connectivity index (χ2n) is 7.34. The van der Waals surface area contributed by atoms with Crippen LogP contribution in [0, 0.1) is 23.2 Å². The van der Waals surface area contributed by atoms with Crippen LogP contribution in [0.4, 0.5) is 0 Å². The predicted octanol–water partition coefficient (Wildman–Crippen LogP) is 2.46. The second-order valence-corrected chi connectivity index (χ2v) is 7.34. The van der Waals surface area contributed by atoms with Gasteiger partial charge in [0.05, 0.1) is 6.54 Å². The van der Waals surface area contributed by atoms with Crippen molar-refractivity contribution in [2.45, 2.75) is 58.4 Å². The minimum absolute atomic E-state index is 0.0912. The standard InChI is InChI=1S/C16H23N3O2/c1-2-14-18-13(19-21-14)9-17-15(20)16-6-10-3-11(7-16)5-12(4-10)8-16/h10-12H,2-9H2,1H3,(H,17,20). The molecule has 1 amide bonds. The highest BCUT2D eigenvalue weighted by Gasteiger charge is 2.54. The Labute approximate surface area is 124 Å². The van der Waals surface area contributed by atoms with E-state index < -0.39 is 0 Å². The Morgan fingerprint density at radius 1 is 1.24 bits per heavy atom. The van der Waals surface area contributed by atoms with Crippen molar-refractivity contribution in [1.29, 1.82) is 0 Å². The van der Waals surface area contributed by atoms with Gasteiger partial charge in [-0.05, 0) is 56.3 Å². The van der Waals surface area contributed by atoms with Crippen LogP contribution in [-0.4, -0.2) is 16.0 Å². The molecule has 4 aliphatic carbocycles. The fourth-order valence-electron chi connectivity index (χ4n) is 5.24. The fraction of sp³-hybridized carbons (Fsp3) is 0.812. The first kappa shape index (κ1) is 13.3. The molecular formula is C16H23N3O2. The monoisotopic (exact) mass is 289 g/mol. The van der Waals surface area contributed by atoms with Crippen molar-refractivity contribution in [3.8, 4) is 0 Å². The van der Waals surface area contributed by atoms with E-state index in [1.807, 2.05) is 6.92 Å². The van der Waals surface area contributed by atoms with E-state index in [1.54, 1.807) is 0 Å². The number of rotatable bonds is 4. The molecule has 0 aliphatic heterocycles. The van der Waals surface area contributed by atoms with Gasteiger partial charge in [-0.15, -0.1) is 0 Å². The summed E-state index contributed by atoms with van der Waals surface area (Å²) in [7, 11) is 0. The first-order valence-corrected chi connectivity index (χ1v) is 8.26. The molecule has 4 aliphatic rings. The van der Waals surface area contributed by atoms with Gasteiger partial charge in [0.15, 0.2) is 5.82 Å². The smallest absolute Gasteiger partial charge is 0.226 e. The number of nitrogens with one attached hydrogen (secondary N) is 1. The van der Waals surface area contributed by atoms with Gasteiger partial charge in [0.25, 0.3) is 0 Å². The zero-order chi connectivity index (χ0) is 14.4. The second kappa shape index (κ2) is 4.82. The molecule has 4 fully saturated rings. The van der Waals surface area contributed by atoms with Crippen molar-refractivity contribution in [3.05, 3.63) is 11.7 Å². The zero-order valence-corrected chi connectivity index (χ0v) is 12.6. The maximum Gasteiger partial charge on any atom is 0.226 e. The molecule has 0 radical (unpaired) electrons. The van der Waals surface area contributed by atoms with E-state index >= 15 is 0 Å². The Morgan fingerprint density at radius 2 is 1.86 bits per heavy atom. The number of carbonyl (C=O) groups is 1. The quantitative estimate of drug-likeness (QED) is 0.924. The number of nitrogens with zero attached hydrogens (tertiary/aromatic N) is 2. The van der Waals surface area contributed by atoms with Crippen LogP contribution in [0.3, 0.4) is 0 Å². The van der Waals surface area contributed by atoms with Gasteiger partial charge < -0.3 is 9.84 Å². The Kier molecular flexibility index (Phi) is 3.05. The Morgan fingerprint density at radius 3 is 2.38 bits per heavy atom. The fourth-order valence-corrected chi connectivity index (χ4v) is 5.24. The molecule has 114 valence electrons. The van der Waals surface area contributed by atoms with Gasteiger partial charge in [0, 0.05) is 11.8 Å². The molecule has 0 spiro atoms. The van der Waals surface area contributed by atoms with Crippen LogP contribution < -0.4 is 5.32 Å². The maximum absolute atomic E-state index is 12.7. The number of aromatic nitrogens is 2. The van der Waals surface area contributed by atoms with Crippen molar-refractivity contribution in [2.24, 2.45) is 23.2 Å². The van der Waals surface area contributed by atoms with Gasteiger partial charge >= 0.3 is 0 Å². The minimum atomic E-state index is -0.0912. The van der Waals surface area contributed by atoms with Crippen LogP contribution in [0.1, 0.15) is 57.2 Å². The van der Waals surface area contributed by atoms with Crippen LogP contribution in [0.2, 0.25) is 0 Å². The molecule has 0 aromatic carbocycles. The molecule has 0 unspecified atom stereocenters.